The standard InChI is InChI=1S/C26H29NO4/c1-14-8-10-19(28-4)26-20(29-5)11-9-17(23(14)26)25-18-12-15(2)27-16(3)24(18)21(30-6)13-22(25)31-7/h8-11,13,15H,12H2,1-7H3/t15-/m0/s1. The molecular formula is C26H29NO4. The van der Waals surface area contributed by atoms with Crippen LogP contribution in [-0.2, 0) is 6.42 Å². The second-order valence-electron chi connectivity index (χ2n) is 7.93. The summed E-state index contributed by atoms with van der Waals surface area (Å²) in [6, 6.07) is 10.3. The number of ether oxygens (including phenoxy) is 4. The van der Waals surface area contributed by atoms with E-state index < -0.39 is 0 Å². The highest BCUT2D eigenvalue weighted by atomic mass is 16.5. The van der Waals surface area contributed by atoms with Gasteiger partial charge in [0.05, 0.1) is 39.9 Å². The Balaban J connectivity index is 2.18. The summed E-state index contributed by atoms with van der Waals surface area (Å²) in [4.78, 5) is 4.81. The average Bonchev–Trinajstić information content (AvgIpc) is 2.77. The molecule has 0 radical (unpaired) electrons. The molecule has 3 aromatic carbocycles. The highest BCUT2D eigenvalue weighted by Crippen LogP contribution is 2.48. The second kappa shape index (κ2) is 8.14. The zero-order chi connectivity index (χ0) is 22.3. The molecule has 1 atom stereocenters. The van der Waals surface area contributed by atoms with Gasteiger partial charge in [0.2, 0.25) is 0 Å². The molecule has 4 rings (SSSR count). The fourth-order valence-corrected chi connectivity index (χ4v) is 4.79. The lowest BCUT2D eigenvalue weighted by Gasteiger charge is -2.27. The van der Waals surface area contributed by atoms with E-state index in [-0.39, 0.29) is 6.04 Å². The fourth-order valence-electron chi connectivity index (χ4n) is 4.79. The number of hydrogen-bond acceptors (Lipinski definition) is 5. The van der Waals surface area contributed by atoms with E-state index in [0.717, 1.165) is 68.2 Å². The first-order valence-electron chi connectivity index (χ1n) is 10.4. The van der Waals surface area contributed by atoms with Gasteiger partial charge < -0.3 is 18.9 Å². The van der Waals surface area contributed by atoms with Crippen molar-refractivity contribution >= 4 is 16.5 Å². The van der Waals surface area contributed by atoms with Gasteiger partial charge in [0.25, 0.3) is 0 Å². The van der Waals surface area contributed by atoms with Crippen LogP contribution >= 0.6 is 0 Å². The molecule has 31 heavy (non-hydrogen) atoms. The first kappa shape index (κ1) is 21.0. The Kier molecular flexibility index (Phi) is 5.52. The zero-order valence-corrected chi connectivity index (χ0v) is 19.3. The molecule has 5 heteroatoms. The molecule has 0 aromatic heterocycles. The Bertz CT molecular complexity index is 1190. The minimum absolute atomic E-state index is 0.184. The first-order chi connectivity index (χ1) is 14.9. The smallest absolute Gasteiger partial charge is 0.131 e. The van der Waals surface area contributed by atoms with Gasteiger partial charge in [0, 0.05) is 28.3 Å². The van der Waals surface area contributed by atoms with Gasteiger partial charge in [0.1, 0.15) is 23.0 Å². The summed E-state index contributed by atoms with van der Waals surface area (Å²) in [5, 5.41) is 2.06. The molecule has 5 nitrogen and oxygen atoms in total. The van der Waals surface area contributed by atoms with Gasteiger partial charge in [-0.05, 0) is 62.1 Å². The van der Waals surface area contributed by atoms with Crippen molar-refractivity contribution in [1.82, 2.24) is 0 Å². The van der Waals surface area contributed by atoms with Crippen LogP contribution in [0, 0.1) is 6.92 Å². The minimum Gasteiger partial charge on any atom is -0.496 e. The summed E-state index contributed by atoms with van der Waals surface area (Å²) >= 11 is 0. The fraction of sp³-hybridized carbons (Fsp3) is 0.346. The Morgan fingerprint density at radius 1 is 0.742 bits per heavy atom. The van der Waals surface area contributed by atoms with E-state index in [1.54, 1.807) is 28.4 Å². The van der Waals surface area contributed by atoms with Gasteiger partial charge in [-0.25, -0.2) is 0 Å². The summed E-state index contributed by atoms with van der Waals surface area (Å²) in [6.45, 7) is 6.30. The third kappa shape index (κ3) is 3.29. The van der Waals surface area contributed by atoms with Crippen LogP contribution in [-0.4, -0.2) is 40.2 Å². The van der Waals surface area contributed by atoms with Gasteiger partial charge in [0.15, 0.2) is 0 Å². The van der Waals surface area contributed by atoms with Crippen molar-refractivity contribution in [1.29, 1.82) is 0 Å². The van der Waals surface area contributed by atoms with Crippen molar-refractivity contribution in [3.8, 4) is 34.1 Å². The Morgan fingerprint density at radius 3 is 1.94 bits per heavy atom. The largest absolute Gasteiger partial charge is 0.496 e. The van der Waals surface area contributed by atoms with Crippen molar-refractivity contribution in [3.05, 3.63) is 47.0 Å². The maximum Gasteiger partial charge on any atom is 0.131 e. The molecular weight excluding hydrogens is 390 g/mol. The topological polar surface area (TPSA) is 49.3 Å². The molecule has 0 bridgehead atoms. The molecule has 1 heterocycles. The lowest BCUT2D eigenvalue weighted by atomic mass is 9.84. The van der Waals surface area contributed by atoms with E-state index in [1.807, 2.05) is 25.1 Å². The van der Waals surface area contributed by atoms with Gasteiger partial charge in [-0.3, -0.25) is 4.99 Å². The van der Waals surface area contributed by atoms with Crippen LogP contribution in [0.25, 0.3) is 21.9 Å². The lowest BCUT2D eigenvalue weighted by Crippen LogP contribution is -2.19. The Morgan fingerprint density at radius 2 is 1.32 bits per heavy atom. The van der Waals surface area contributed by atoms with Crippen LogP contribution in [0.1, 0.15) is 30.5 Å². The number of aryl methyl sites for hydroxylation is 1. The van der Waals surface area contributed by atoms with Gasteiger partial charge in [-0.2, -0.15) is 0 Å². The molecule has 0 unspecified atom stereocenters. The van der Waals surface area contributed by atoms with E-state index in [4.69, 9.17) is 23.9 Å². The molecule has 0 fully saturated rings. The molecule has 0 saturated carbocycles. The highest BCUT2D eigenvalue weighted by molar-refractivity contribution is 6.10. The molecule has 0 saturated heterocycles. The molecule has 0 amide bonds. The van der Waals surface area contributed by atoms with Gasteiger partial charge >= 0.3 is 0 Å². The molecule has 1 aliphatic rings. The molecule has 1 aliphatic heterocycles. The van der Waals surface area contributed by atoms with Crippen LogP contribution in [0.2, 0.25) is 0 Å². The molecule has 0 N–H and O–H groups in total. The molecule has 0 aliphatic carbocycles. The number of nitrogens with zero attached hydrogens (tertiary/aromatic N) is 1. The summed E-state index contributed by atoms with van der Waals surface area (Å²) < 4.78 is 23.0. The van der Waals surface area contributed by atoms with Crippen LogP contribution < -0.4 is 18.9 Å². The number of benzene rings is 3. The number of aliphatic imine (C=N–C) groups is 1. The van der Waals surface area contributed by atoms with Crippen LogP contribution in [0.5, 0.6) is 23.0 Å². The highest BCUT2D eigenvalue weighted by Gasteiger charge is 2.28. The molecule has 162 valence electrons. The molecule has 3 aromatic rings. The van der Waals surface area contributed by atoms with Crippen LogP contribution in [0.3, 0.4) is 0 Å². The van der Waals surface area contributed by atoms with Crippen LogP contribution in [0.15, 0.2) is 35.3 Å². The van der Waals surface area contributed by atoms with Crippen molar-refractivity contribution in [3.63, 3.8) is 0 Å². The van der Waals surface area contributed by atoms with E-state index in [0.29, 0.717) is 0 Å². The summed E-state index contributed by atoms with van der Waals surface area (Å²) in [6.07, 6.45) is 0.812. The third-order valence-corrected chi connectivity index (χ3v) is 6.08. The predicted octanol–water partition coefficient (Wildman–Crippen LogP) is 5.60. The normalized spacial score (nSPS) is 15.3. The predicted molar refractivity (Wildman–Crippen MR) is 126 cm³/mol. The number of fused-ring (bicyclic) bond motifs is 2. The number of hydrogen-bond donors (Lipinski definition) is 0. The van der Waals surface area contributed by atoms with E-state index in [1.165, 1.54) is 5.56 Å². The quantitative estimate of drug-likeness (QED) is 0.540. The molecule has 0 spiro atoms. The van der Waals surface area contributed by atoms with Gasteiger partial charge in [-0.15, -0.1) is 0 Å². The third-order valence-electron chi connectivity index (χ3n) is 6.08. The second-order valence-corrected chi connectivity index (χ2v) is 7.93. The Labute approximate surface area is 183 Å². The van der Waals surface area contributed by atoms with E-state index in [9.17, 15) is 0 Å². The van der Waals surface area contributed by atoms with E-state index >= 15 is 0 Å². The van der Waals surface area contributed by atoms with Crippen molar-refractivity contribution < 1.29 is 18.9 Å². The van der Waals surface area contributed by atoms with E-state index in [2.05, 4.69) is 26.0 Å². The minimum atomic E-state index is 0.184. The monoisotopic (exact) mass is 419 g/mol. The van der Waals surface area contributed by atoms with Crippen LogP contribution in [0.4, 0.5) is 0 Å². The van der Waals surface area contributed by atoms with Gasteiger partial charge in [-0.1, -0.05) is 6.07 Å². The van der Waals surface area contributed by atoms with Crippen molar-refractivity contribution in [2.75, 3.05) is 28.4 Å². The average molecular weight is 420 g/mol. The first-order valence-corrected chi connectivity index (χ1v) is 10.4. The zero-order valence-electron chi connectivity index (χ0n) is 19.3. The maximum atomic E-state index is 5.90. The lowest BCUT2D eigenvalue weighted by molar-refractivity contribution is 0.393. The van der Waals surface area contributed by atoms with Crippen molar-refractivity contribution in [2.24, 2.45) is 4.99 Å². The SMILES string of the molecule is COc1cc(OC)c(-c2ccc(OC)c3c(OC)ccc(C)c23)c2c1C(C)=N[C@@H](C)C2. The summed E-state index contributed by atoms with van der Waals surface area (Å²) in [5.74, 6) is 3.14. The number of rotatable bonds is 5. The summed E-state index contributed by atoms with van der Waals surface area (Å²) in [5.41, 5.74) is 6.55. The summed E-state index contributed by atoms with van der Waals surface area (Å²) in [7, 11) is 6.77. The number of methoxy groups -OCH3 is 4. The Hall–Kier alpha value is -3.21. The maximum absolute atomic E-state index is 5.90. The van der Waals surface area contributed by atoms with Crippen molar-refractivity contribution in [2.45, 2.75) is 33.2 Å².